The van der Waals surface area contributed by atoms with Crippen LogP contribution in [0, 0.1) is 24.0 Å². The maximum absolute atomic E-state index is 12.1. The lowest BCUT2D eigenvalue weighted by Gasteiger charge is -2.07. The summed E-state index contributed by atoms with van der Waals surface area (Å²) in [5.74, 6) is -0.224. The third-order valence-corrected chi connectivity index (χ3v) is 3.26. The minimum absolute atomic E-state index is 0.00338. The summed E-state index contributed by atoms with van der Waals surface area (Å²) in [6.45, 7) is 3.69. The largest absolute Gasteiger partial charge is 0.320 e. The number of nitro groups is 1. The van der Waals surface area contributed by atoms with Gasteiger partial charge in [-0.15, -0.1) is 0 Å². The number of hydrogen-bond donors (Lipinski definition) is 1. The number of aromatic nitrogens is 1. The highest BCUT2D eigenvalue weighted by Crippen LogP contribution is 2.24. The zero-order valence-corrected chi connectivity index (χ0v) is 11.9. The maximum Gasteiger partial charge on any atom is 0.290 e. The first-order chi connectivity index (χ1) is 9.99. The summed E-state index contributed by atoms with van der Waals surface area (Å²) >= 11 is 0. The Morgan fingerprint density at radius 3 is 2.67 bits per heavy atom. The highest BCUT2D eigenvalue weighted by molar-refractivity contribution is 5.91. The van der Waals surface area contributed by atoms with Gasteiger partial charge in [0.15, 0.2) is 11.9 Å². The lowest BCUT2D eigenvalue weighted by Crippen LogP contribution is -2.42. The molecule has 0 radical (unpaired) electrons. The SMILES string of the molecule is Cc1c(NC(=O)C[n+]2ccccc2C)cccc1[N+](=O)[O-]. The van der Waals surface area contributed by atoms with Gasteiger partial charge in [0.2, 0.25) is 6.54 Å². The molecule has 1 N–H and O–H groups in total. The molecular formula is C15H16N3O3+. The number of anilines is 1. The van der Waals surface area contributed by atoms with E-state index >= 15 is 0 Å². The van der Waals surface area contributed by atoms with Crippen molar-refractivity contribution in [2.24, 2.45) is 0 Å². The van der Waals surface area contributed by atoms with Gasteiger partial charge in [0.05, 0.1) is 16.2 Å². The molecule has 0 aliphatic rings. The first-order valence-electron chi connectivity index (χ1n) is 6.48. The van der Waals surface area contributed by atoms with E-state index in [9.17, 15) is 14.9 Å². The fourth-order valence-electron chi connectivity index (χ4n) is 2.04. The van der Waals surface area contributed by atoms with E-state index < -0.39 is 4.92 Å². The number of pyridine rings is 1. The van der Waals surface area contributed by atoms with Crippen molar-refractivity contribution in [2.45, 2.75) is 20.4 Å². The van der Waals surface area contributed by atoms with Crippen molar-refractivity contribution in [1.29, 1.82) is 0 Å². The first-order valence-corrected chi connectivity index (χ1v) is 6.48. The fourth-order valence-corrected chi connectivity index (χ4v) is 2.04. The van der Waals surface area contributed by atoms with E-state index in [-0.39, 0.29) is 18.1 Å². The van der Waals surface area contributed by atoms with Crippen LogP contribution in [0.15, 0.2) is 42.6 Å². The predicted molar refractivity (Wildman–Crippen MR) is 77.8 cm³/mol. The lowest BCUT2D eigenvalue weighted by atomic mass is 10.1. The molecule has 0 bridgehead atoms. The minimum Gasteiger partial charge on any atom is -0.320 e. The second kappa shape index (κ2) is 6.13. The van der Waals surface area contributed by atoms with Gasteiger partial charge in [-0.2, -0.15) is 4.57 Å². The van der Waals surface area contributed by atoms with Crippen molar-refractivity contribution in [1.82, 2.24) is 0 Å². The lowest BCUT2D eigenvalue weighted by molar-refractivity contribution is -0.690. The van der Waals surface area contributed by atoms with Crippen LogP contribution < -0.4 is 9.88 Å². The zero-order valence-electron chi connectivity index (χ0n) is 11.9. The molecule has 0 fully saturated rings. The Morgan fingerprint density at radius 2 is 2.00 bits per heavy atom. The van der Waals surface area contributed by atoms with Crippen LogP contribution in [0.25, 0.3) is 0 Å². The molecular weight excluding hydrogens is 270 g/mol. The van der Waals surface area contributed by atoms with Crippen LogP contribution in [0.2, 0.25) is 0 Å². The van der Waals surface area contributed by atoms with Gasteiger partial charge in [0.25, 0.3) is 11.6 Å². The van der Waals surface area contributed by atoms with E-state index in [2.05, 4.69) is 5.32 Å². The number of aryl methyl sites for hydroxylation is 1. The number of nitrogens with one attached hydrogen (secondary N) is 1. The molecule has 21 heavy (non-hydrogen) atoms. The molecule has 0 aliphatic carbocycles. The van der Waals surface area contributed by atoms with E-state index in [0.717, 1.165) is 5.69 Å². The smallest absolute Gasteiger partial charge is 0.290 e. The topological polar surface area (TPSA) is 76.1 Å². The molecule has 108 valence electrons. The zero-order chi connectivity index (χ0) is 15.4. The van der Waals surface area contributed by atoms with Crippen LogP contribution in [-0.2, 0) is 11.3 Å². The van der Waals surface area contributed by atoms with Gasteiger partial charge >= 0.3 is 0 Å². The number of rotatable bonds is 4. The van der Waals surface area contributed by atoms with Crippen LogP contribution >= 0.6 is 0 Å². The second-order valence-corrected chi connectivity index (χ2v) is 4.72. The maximum atomic E-state index is 12.1. The molecule has 1 aromatic heterocycles. The Balaban J connectivity index is 2.15. The number of carbonyl (C=O) groups excluding carboxylic acids is 1. The molecule has 0 saturated carbocycles. The summed E-state index contributed by atoms with van der Waals surface area (Å²) in [5.41, 5.74) is 1.87. The molecule has 6 heteroatoms. The van der Waals surface area contributed by atoms with Crippen LogP contribution in [0.1, 0.15) is 11.3 Å². The molecule has 1 heterocycles. The average molecular weight is 286 g/mol. The summed E-state index contributed by atoms with van der Waals surface area (Å²) in [7, 11) is 0. The van der Waals surface area contributed by atoms with Gasteiger partial charge in [-0.1, -0.05) is 12.1 Å². The molecule has 2 aromatic rings. The molecule has 0 aliphatic heterocycles. The molecule has 0 spiro atoms. The third-order valence-electron chi connectivity index (χ3n) is 3.26. The Morgan fingerprint density at radius 1 is 1.24 bits per heavy atom. The number of nitrogens with zero attached hydrogens (tertiary/aromatic N) is 2. The van der Waals surface area contributed by atoms with Gasteiger partial charge in [0.1, 0.15) is 0 Å². The number of carbonyl (C=O) groups is 1. The Labute approximate surface area is 122 Å². The van der Waals surface area contributed by atoms with Crippen molar-refractivity contribution in [3.63, 3.8) is 0 Å². The number of benzene rings is 1. The normalized spacial score (nSPS) is 10.2. The van der Waals surface area contributed by atoms with Crippen molar-refractivity contribution in [3.8, 4) is 0 Å². The van der Waals surface area contributed by atoms with Gasteiger partial charge < -0.3 is 5.32 Å². The molecule has 2 rings (SSSR count). The van der Waals surface area contributed by atoms with E-state index in [1.807, 2.05) is 35.9 Å². The summed E-state index contributed by atoms with van der Waals surface area (Å²) < 4.78 is 1.81. The highest BCUT2D eigenvalue weighted by atomic mass is 16.6. The third kappa shape index (κ3) is 3.42. The van der Waals surface area contributed by atoms with E-state index in [0.29, 0.717) is 11.3 Å². The number of amides is 1. The molecule has 1 aromatic carbocycles. The van der Waals surface area contributed by atoms with E-state index in [1.165, 1.54) is 6.07 Å². The van der Waals surface area contributed by atoms with Gasteiger partial charge in [0, 0.05) is 25.1 Å². The summed E-state index contributed by atoms with van der Waals surface area (Å²) in [5, 5.41) is 13.6. The molecule has 0 saturated heterocycles. The van der Waals surface area contributed by atoms with Crippen LogP contribution in [-0.4, -0.2) is 10.8 Å². The minimum atomic E-state index is -0.457. The Kier molecular flexibility index (Phi) is 4.27. The standard InChI is InChI=1S/C15H15N3O3/c1-11-6-3-4-9-17(11)10-15(19)16-13-7-5-8-14(12(13)2)18(20)21/h3-9H,10H2,1-2H3/p+1. The monoisotopic (exact) mass is 286 g/mol. The van der Waals surface area contributed by atoms with Crippen molar-refractivity contribution < 1.29 is 14.3 Å². The van der Waals surface area contributed by atoms with E-state index in [4.69, 9.17) is 0 Å². The summed E-state index contributed by atoms with van der Waals surface area (Å²) in [6.07, 6.45) is 1.81. The molecule has 0 unspecified atom stereocenters. The van der Waals surface area contributed by atoms with Crippen molar-refractivity contribution in [2.75, 3.05) is 5.32 Å². The van der Waals surface area contributed by atoms with Crippen LogP contribution in [0.3, 0.4) is 0 Å². The quantitative estimate of drug-likeness (QED) is 0.531. The summed E-state index contributed by atoms with van der Waals surface area (Å²) in [4.78, 5) is 22.5. The second-order valence-electron chi connectivity index (χ2n) is 4.72. The van der Waals surface area contributed by atoms with Crippen molar-refractivity contribution in [3.05, 3.63) is 64.0 Å². The molecule has 6 nitrogen and oxygen atoms in total. The first kappa shape index (κ1) is 14.6. The van der Waals surface area contributed by atoms with Gasteiger partial charge in [-0.25, -0.2) is 0 Å². The van der Waals surface area contributed by atoms with Gasteiger partial charge in [-0.3, -0.25) is 14.9 Å². The van der Waals surface area contributed by atoms with Gasteiger partial charge in [-0.05, 0) is 13.0 Å². The molecule has 1 amide bonds. The number of hydrogen-bond acceptors (Lipinski definition) is 3. The Bertz CT molecular complexity index is 698. The molecule has 0 atom stereocenters. The van der Waals surface area contributed by atoms with Crippen LogP contribution in [0.4, 0.5) is 11.4 Å². The van der Waals surface area contributed by atoms with Crippen LogP contribution in [0.5, 0.6) is 0 Å². The Hall–Kier alpha value is -2.76. The summed E-state index contributed by atoms with van der Waals surface area (Å²) in [6, 6.07) is 10.3. The van der Waals surface area contributed by atoms with E-state index in [1.54, 1.807) is 19.1 Å². The fraction of sp³-hybridized carbons (Fsp3) is 0.200. The highest BCUT2D eigenvalue weighted by Gasteiger charge is 2.17. The number of nitro benzene ring substituents is 1. The van der Waals surface area contributed by atoms with Crippen molar-refractivity contribution >= 4 is 17.3 Å². The predicted octanol–water partition coefficient (Wildman–Crippen LogP) is 2.14. The average Bonchev–Trinajstić information content (AvgIpc) is 2.43.